The fourth-order valence-corrected chi connectivity index (χ4v) is 2.42. The molecule has 0 heterocycles. The number of hydrogen-bond donors (Lipinski definition) is 2. The van der Waals surface area contributed by atoms with Crippen molar-refractivity contribution in [3.63, 3.8) is 0 Å². The molecular weight excluding hydrogens is 277 g/mol. The molecule has 0 aliphatic carbocycles. The Morgan fingerprint density at radius 1 is 1.10 bits per heavy atom. The number of rotatable bonds is 4. The van der Waals surface area contributed by atoms with Crippen molar-refractivity contribution in [3.8, 4) is 5.75 Å². The van der Waals surface area contributed by atoms with E-state index in [-0.39, 0.29) is 17.8 Å². The fourth-order valence-electron chi connectivity index (χ4n) is 2.22. The molecule has 2 rings (SSSR count). The number of aromatic hydroxyl groups is 1. The lowest BCUT2D eigenvalue weighted by Crippen LogP contribution is -2.22. The summed E-state index contributed by atoms with van der Waals surface area (Å²) < 4.78 is 13.0. The van der Waals surface area contributed by atoms with Gasteiger partial charge in [-0.25, -0.2) is 4.39 Å². The van der Waals surface area contributed by atoms with Gasteiger partial charge in [0.25, 0.3) is 0 Å². The zero-order valence-corrected chi connectivity index (χ0v) is 12.2. The highest BCUT2D eigenvalue weighted by Gasteiger charge is 2.14. The van der Waals surface area contributed by atoms with Crippen molar-refractivity contribution in [1.29, 1.82) is 0 Å². The first-order valence-electron chi connectivity index (χ1n) is 6.47. The van der Waals surface area contributed by atoms with Crippen LogP contribution < -0.4 is 5.32 Å². The minimum Gasteiger partial charge on any atom is -0.508 e. The minimum atomic E-state index is -0.443. The number of hydrogen-bond acceptors (Lipinski definition) is 2. The fraction of sp³-hybridized carbons (Fsp3) is 0.250. The van der Waals surface area contributed by atoms with Gasteiger partial charge in [-0.05, 0) is 37.6 Å². The normalized spacial score (nSPS) is 14.0. The number of phenols is 1. The molecule has 106 valence electrons. The van der Waals surface area contributed by atoms with Gasteiger partial charge < -0.3 is 10.4 Å². The Hall–Kier alpha value is -1.58. The Kier molecular flexibility index (Phi) is 4.63. The molecule has 4 heteroatoms. The highest BCUT2D eigenvalue weighted by molar-refractivity contribution is 6.30. The molecule has 0 radical (unpaired) electrons. The average molecular weight is 294 g/mol. The molecule has 0 amide bonds. The van der Waals surface area contributed by atoms with Gasteiger partial charge in [-0.3, -0.25) is 0 Å². The molecule has 2 aromatic carbocycles. The van der Waals surface area contributed by atoms with Crippen LogP contribution in [-0.2, 0) is 0 Å². The van der Waals surface area contributed by atoms with E-state index in [9.17, 15) is 9.50 Å². The number of halogens is 2. The van der Waals surface area contributed by atoms with E-state index in [1.807, 2.05) is 38.1 Å². The van der Waals surface area contributed by atoms with Gasteiger partial charge >= 0.3 is 0 Å². The van der Waals surface area contributed by atoms with Crippen molar-refractivity contribution in [3.05, 3.63) is 64.4 Å². The quantitative estimate of drug-likeness (QED) is 0.863. The van der Waals surface area contributed by atoms with E-state index in [1.165, 1.54) is 6.07 Å². The molecule has 0 saturated heterocycles. The summed E-state index contributed by atoms with van der Waals surface area (Å²) in [5.74, 6) is -0.482. The molecule has 2 aromatic rings. The highest BCUT2D eigenvalue weighted by Crippen LogP contribution is 2.27. The summed E-state index contributed by atoms with van der Waals surface area (Å²) in [6.07, 6.45) is 0. The van der Waals surface area contributed by atoms with Crippen molar-refractivity contribution < 1.29 is 9.50 Å². The van der Waals surface area contributed by atoms with Gasteiger partial charge in [0.05, 0.1) is 0 Å². The van der Waals surface area contributed by atoms with E-state index in [0.29, 0.717) is 10.6 Å². The monoisotopic (exact) mass is 293 g/mol. The van der Waals surface area contributed by atoms with E-state index in [1.54, 1.807) is 6.07 Å². The third-order valence-electron chi connectivity index (χ3n) is 3.31. The van der Waals surface area contributed by atoms with E-state index in [4.69, 9.17) is 11.6 Å². The summed E-state index contributed by atoms with van der Waals surface area (Å²) in [6, 6.07) is 11.6. The lowest BCUT2D eigenvalue weighted by atomic mass is 10.0. The first-order chi connectivity index (χ1) is 9.47. The Labute approximate surface area is 123 Å². The van der Waals surface area contributed by atoms with Crippen molar-refractivity contribution in [1.82, 2.24) is 5.32 Å². The molecule has 0 aliphatic heterocycles. The summed E-state index contributed by atoms with van der Waals surface area (Å²) in [5.41, 5.74) is 1.73. The maximum atomic E-state index is 13.0. The third kappa shape index (κ3) is 3.50. The maximum absolute atomic E-state index is 13.0. The van der Waals surface area contributed by atoms with E-state index in [2.05, 4.69) is 5.32 Å². The van der Waals surface area contributed by atoms with Crippen LogP contribution in [0.1, 0.15) is 37.1 Å². The van der Waals surface area contributed by atoms with E-state index in [0.717, 1.165) is 11.6 Å². The zero-order chi connectivity index (χ0) is 14.7. The van der Waals surface area contributed by atoms with Crippen molar-refractivity contribution in [2.45, 2.75) is 25.9 Å². The van der Waals surface area contributed by atoms with Crippen LogP contribution >= 0.6 is 11.6 Å². The number of benzene rings is 2. The minimum absolute atomic E-state index is 0.0386. The molecule has 0 saturated carbocycles. The van der Waals surface area contributed by atoms with Crippen LogP contribution in [0.2, 0.25) is 5.02 Å². The molecule has 0 fully saturated rings. The largest absolute Gasteiger partial charge is 0.508 e. The zero-order valence-electron chi connectivity index (χ0n) is 11.4. The molecule has 2 N–H and O–H groups in total. The van der Waals surface area contributed by atoms with E-state index < -0.39 is 5.82 Å². The topological polar surface area (TPSA) is 32.3 Å². The second kappa shape index (κ2) is 6.25. The lowest BCUT2D eigenvalue weighted by Gasteiger charge is -2.21. The molecule has 0 spiro atoms. The Balaban J connectivity index is 2.12. The third-order valence-corrected chi connectivity index (χ3v) is 3.54. The SMILES string of the molecule is CC(NC(C)c1ccc(F)cc1O)c1cccc(Cl)c1. The van der Waals surface area contributed by atoms with Crippen LogP contribution in [0.3, 0.4) is 0 Å². The van der Waals surface area contributed by atoms with Gasteiger partial charge in [0, 0.05) is 28.7 Å². The standard InChI is InChI=1S/C16H17ClFNO/c1-10(12-4-3-5-13(17)8-12)19-11(2)15-7-6-14(18)9-16(15)20/h3-11,19-20H,1-2H3. The molecule has 2 nitrogen and oxygen atoms in total. The summed E-state index contributed by atoms with van der Waals surface area (Å²) in [7, 11) is 0. The first kappa shape index (κ1) is 14.8. The van der Waals surface area contributed by atoms with Crippen molar-refractivity contribution in [2.24, 2.45) is 0 Å². The van der Waals surface area contributed by atoms with Gasteiger partial charge in [-0.1, -0.05) is 29.8 Å². The molecule has 0 bridgehead atoms. The van der Waals surface area contributed by atoms with Crippen molar-refractivity contribution >= 4 is 11.6 Å². The van der Waals surface area contributed by atoms with Gasteiger partial charge in [0.2, 0.25) is 0 Å². The molecule has 2 atom stereocenters. The van der Waals surface area contributed by atoms with Gasteiger partial charge in [-0.2, -0.15) is 0 Å². The van der Waals surface area contributed by atoms with E-state index >= 15 is 0 Å². The lowest BCUT2D eigenvalue weighted by molar-refractivity contribution is 0.434. The number of nitrogens with one attached hydrogen (secondary N) is 1. The molecular formula is C16H17ClFNO. The summed E-state index contributed by atoms with van der Waals surface area (Å²) >= 11 is 5.98. The Morgan fingerprint density at radius 2 is 1.85 bits per heavy atom. The molecule has 2 unspecified atom stereocenters. The predicted molar refractivity (Wildman–Crippen MR) is 79.5 cm³/mol. The van der Waals surface area contributed by atoms with Gasteiger partial charge in [0.1, 0.15) is 11.6 Å². The Bertz CT molecular complexity index is 603. The average Bonchev–Trinajstić information content (AvgIpc) is 2.38. The van der Waals surface area contributed by atoms with Crippen LogP contribution in [0.15, 0.2) is 42.5 Å². The highest BCUT2D eigenvalue weighted by atomic mass is 35.5. The second-order valence-electron chi connectivity index (χ2n) is 4.87. The van der Waals surface area contributed by atoms with Crippen LogP contribution in [-0.4, -0.2) is 5.11 Å². The van der Waals surface area contributed by atoms with Gasteiger partial charge in [0.15, 0.2) is 0 Å². The smallest absolute Gasteiger partial charge is 0.126 e. The van der Waals surface area contributed by atoms with Gasteiger partial charge in [-0.15, -0.1) is 0 Å². The second-order valence-corrected chi connectivity index (χ2v) is 5.30. The van der Waals surface area contributed by atoms with Crippen molar-refractivity contribution in [2.75, 3.05) is 0 Å². The number of phenolic OH excluding ortho intramolecular Hbond substituents is 1. The summed E-state index contributed by atoms with van der Waals surface area (Å²) in [4.78, 5) is 0. The van der Waals surface area contributed by atoms with Crippen LogP contribution in [0.5, 0.6) is 5.75 Å². The summed E-state index contributed by atoms with van der Waals surface area (Å²) in [5, 5.41) is 13.8. The summed E-state index contributed by atoms with van der Waals surface area (Å²) in [6.45, 7) is 3.94. The van der Waals surface area contributed by atoms with Crippen LogP contribution in [0.25, 0.3) is 0 Å². The molecule has 20 heavy (non-hydrogen) atoms. The molecule has 0 aliphatic rings. The van der Waals surface area contributed by atoms with Crippen LogP contribution in [0.4, 0.5) is 4.39 Å². The Morgan fingerprint density at radius 3 is 2.50 bits per heavy atom. The first-order valence-corrected chi connectivity index (χ1v) is 6.85. The predicted octanol–water partition coefficient (Wildman–Crippen LogP) is 4.60. The maximum Gasteiger partial charge on any atom is 0.126 e. The molecule has 0 aromatic heterocycles. The van der Waals surface area contributed by atoms with Crippen LogP contribution in [0, 0.1) is 5.82 Å².